The highest BCUT2D eigenvalue weighted by Crippen LogP contribution is 2.27. The number of benzene rings is 1. The first-order chi connectivity index (χ1) is 7.15. The highest BCUT2D eigenvalue weighted by atomic mass is 79.9. The molecule has 0 aromatic heterocycles. The summed E-state index contributed by atoms with van der Waals surface area (Å²) in [6.07, 6.45) is 3.96. The predicted octanol–water partition coefficient (Wildman–Crippen LogP) is 4.41. The smallest absolute Gasteiger partial charge is 0.125 e. The van der Waals surface area contributed by atoms with Gasteiger partial charge in [0.25, 0.3) is 0 Å². The summed E-state index contributed by atoms with van der Waals surface area (Å²) in [5, 5.41) is 0. The minimum absolute atomic E-state index is 0.759. The van der Waals surface area contributed by atoms with E-state index in [1.54, 1.807) is 0 Å². The van der Waals surface area contributed by atoms with Crippen molar-refractivity contribution in [3.8, 4) is 5.75 Å². The van der Waals surface area contributed by atoms with Crippen molar-refractivity contribution in [2.75, 3.05) is 6.61 Å². The summed E-state index contributed by atoms with van der Waals surface area (Å²) in [5.41, 5.74) is 2.36. The van der Waals surface area contributed by atoms with Crippen LogP contribution in [0.25, 0.3) is 0 Å². The standard InChI is InChI=1S/C13H17BrO/c1-4-5-6-7-15-13-10(2)8-12(14)9-11(13)3/h4,8-9H,1,5-7H2,2-3H3. The molecule has 82 valence electrons. The highest BCUT2D eigenvalue weighted by Gasteiger charge is 2.04. The lowest BCUT2D eigenvalue weighted by Gasteiger charge is -2.12. The van der Waals surface area contributed by atoms with Crippen LogP contribution in [0, 0.1) is 13.8 Å². The number of rotatable bonds is 5. The van der Waals surface area contributed by atoms with Gasteiger partial charge in [-0.15, -0.1) is 6.58 Å². The normalized spacial score (nSPS) is 10.1. The van der Waals surface area contributed by atoms with Crippen molar-refractivity contribution in [3.63, 3.8) is 0 Å². The summed E-state index contributed by atoms with van der Waals surface area (Å²) in [6.45, 7) is 8.59. The third-order valence-electron chi connectivity index (χ3n) is 2.22. The maximum atomic E-state index is 5.76. The Labute approximate surface area is 100 Å². The van der Waals surface area contributed by atoms with Crippen LogP contribution in [0.15, 0.2) is 29.3 Å². The molecule has 0 radical (unpaired) electrons. The van der Waals surface area contributed by atoms with Crippen molar-refractivity contribution in [1.29, 1.82) is 0 Å². The van der Waals surface area contributed by atoms with Gasteiger partial charge in [-0.05, 0) is 49.9 Å². The Morgan fingerprint density at radius 3 is 2.47 bits per heavy atom. The van der Waals surface area contributed by atoms with E-state index in [9.17, 15) is 0 Å². The van der Waals surface area contributed by atoms with Crippen LogP contribution >= 0.6 is 15.9 Å². The molecule has 0 amide bonds. The van der Waals surface area contributed by atoms with Crippen LogP contribution in [-0.4, -0.2) is 6.61 Å². The molecule has 0 N–H and O–H groups in total. The van der Waals surface area contributed by atoms with E-state index in [1.807, 2.05) is 6.08 Å². The number of hydrogen-bond acceptors (Lipinski definition) is 1. The molecule has 0 spiro atoms. The average molecular weight is 269 g/mol. The fraction of sp³-hybridized carbons (Fsp3) is 0.385. The Morgan fingerprint density at radius 2 is 1.93 bits per heavy atom. The zero-order valence-corrected chi connectivity index (χ0v) is 10.9. The van der Waals surface area contributed by atoms with Crippen molar-refractivity contribution < 1.29 is 4.74 Å². The van der Waals surface area contributed by atoms with Gasteiger partial charge in [0.2, 0.25) is 0 Å². The van der Waals surface area contributed by atoms with Gasteiger partial charge in [0.15, 0.2) is 0 Å². The molecule has 1 aromatic rings. The second-order valence-electron chi connectivity index (χ2n) is 3.65. The summed E-state index contributed by atoms with van der Waals surface area (Å²) in [4.78, 5) is 0. The van der Waals surface area contributed by atoms with Crippen molar-refractivity contribution in [3.05, 3.63) is 40.4 Å². The largest absolute Gasteiger partial charge is 0.493 e. The minimum Gasteiger partial charge on any atom is -0.493 e. The first-order valence-corrected chi connectivity index (χ1v) is 5.95. The lowest BCUT2D eigenvalue weighted by atomic mass is 10.1. The minimum atomic E-state index is 0.759. The van der Waals surface area contributed by atoms with Gasteiger partial charge in [-0.2, -0.15) is 0 Å². The summed E-state index contributed by atoms with van der Waals surface area (Å²) >= 11 is 3.47. The van der Waals surface area contributed by atoms with Crippen LogP contribution in [-0.2, 0) is 0 Å². The molecule has 1 rings (SSSR count). The maximum absolute atomic E-state index is 5.76. The molecule has 0 aliphatic heterocycles. The van der Waals surface area contributed by atoms with E-state index in [-0.39, 0.29) is 0 Å². The van der Waals surface area contributed by atoms with Crippen molar-refractivity contribution in [2.24, 2.45) is 0 Å². The highest BCUT2D eigenvalue weighted by molar-refractivity contribution is 9.10. The lowest BCUT2D eigenvalue weighted by molar-refractivity contribution is 0.308. The summed E-state index contributed by atoms with van der Waals surface area (Å²) in [6, 6.07) is 4.16. The summed E-state index contributed by atoms with van der Waals surface area (Å²) < 4.78 is 6.86. The van der Waals surface area contributed by atoms with Crippen LogP contribution < -0.4 is 4.74 Å². The van der Waals surface area contributed by atoms with E-state index in [4.69, 9.17) is 4.74 Å². The molecule has 1 nitrogen and oxygen atoms in total. The lowest BCUT2D eigenvalue weighted by Crippen LogP contribution is -2.00. The van der Waals surface area contributed by atoms with Gasteiger partial charge >= 0.3 is 0 Å². The molecule has 0 heterocycles. The van der Waals surface area contributed by atoms with Crippen molar-refractivity contribution in [1.82, 2.24) is 0 Å². The Kier molecular flexibility index (Phi) is 4.89. The van der Waals surface area contributed by atoms with E-state index in [0.717, 1.165) is 29.7 Å². The number of hydrogen-bond donors (Lipinski definition) is 0. The molecule has 0 bridgehead atoms. The molecule has 0 atom stereocenters. The van der Waals surface area contributed by atoms with E-state index in [1.165, 1.54) is 11.1 Å². The molecule has 0 saturated carbocycles. The molecule has 0 aliphatic carbocycles. The molecule has 0 aliphatic rings. The number of unbranched alkanes of at least 4 members (excludes halogenated alkanes) is 1. The molecule has 1 aromatic carbocycles. The van der Waals surface area contributed by atoms with Gasteiger partial charge in [-0.1, -0.05) is 22.0 Å². The van der Waals surface area contributed by atoms with Crippen molar-refractivity contribution in [2.45, 2.75) is 26.7 Å². The summed E-state index contributed by atoms with van der Waals surface area (Å²) in [5.74, 6) is 1.02. The van der Waals surface area contributed by atoms with Gasteiger partial charge in [0, 0.05) is 4.47 Å². The Balaban J connectivity index is 2.64. The van der Waals surface area contributed by atoms with Crippen LogP contribution in [0.3, 0.4) is 0 Å². The quantitative estimate of drug-likeness (QED) is 0.568. The fourth-order valence-electron chi connectivity index (χ4n) is 1.53. The van der Waals surface area contributed by atoms with Gasteiger partial charge in [-0.25, -0.2) is 0 Å². The molecule has 0 saturated heterocycles. The molecular formula is C13H17BrO. The zero-order chi connectivity index (χ0) is 11.3. The third kappa shape index (κ3) is 3.71. The van der Waals surface area contributed by atoms with Gasteiger partial charge in [0.05, 0.1) is 6.61 Å². The van der Waals surface area contributed by atoms with E-state index >= 15 is 0 Å². The molecule has 15 heavy (non-hydrogen) atoms. The van der Waals surface area contributed by atoms with E-state index in [2.05, 4.69) is 48.5 Å². The van der Waals surface area contributed by atoms with Crippen LogP contribution in [0.4, 0.5) is 0 Å². The van der Waals surface area contributed by atoms with Gasteiger partial charge in [0.1, 0.15) is 5.75 Å². The fourth-order valence-corrected chi connectivity index (χ4v) is 2.21. The van der Waals surface area contributed by atoms with E-state index < -0.39 is 0 Å². The van der Waals surface area contributed by atoms with E-state index in [0.29, 0.717) is 0 Å². The molecule has 0 fully saturated rings. The second-order valence-corrected chi connectivity index (χ2v) is 4.56. The maximum Gasteiger partial charge on any atom is 0.125 e. The average Bonchev–Trinajstić information content (AvgIpc) is 2.15. The Bertz CT molecular complexity index is 321. The third-order valence-corrected chi connectivity index (χ3v) is 2.68. The first kappa shape index (κ1) is 12.3. The Morgan fingerprint density at radius 1 is 1.33 bits per heavy atom. The topological polar surface area (TPSA) is 9.23 Å². The number of halogens is 1. The van der Waals surface area contributed by atoms with Crippen LogP contribution in [0.5, 0.6) is 5.75 Å². The Hall–Kier alpha value is -0.760. The number of ether oxygens (including phenoxy) is 1. The molecule has 2 heteroatoms. The SMILES string of the molecule is C=CCCCOc1c(C)cc(Br)cc1C. The monoisotopic (exact) mass is 268 g/mol. The number of allylic oxidation sites excluding steroid dienone is 1. The van der Waals surface area contributed by atoms with Gasteiger partial charge < -0.3 is 4.74 Å². The van der Waals surface area contributed by atoms with Crippen molar-refractivity contribution >= 4 is 15.9 Å². The van der Waals surface area contributed by atoms with Gasteiger partial charge in [-0.3, -0.25) is 0 Å². The first-order valence-electron chi connectivity index (χ1n) is 5.15. The number of aryl methyl sites for hydroxylation is 2. The van der Waals surface area contributed by atoms with Crippen LogP contribution in [0.2, 0.25) is 0 Å². The molecule has 0 unspecified atom stereocenters. The second kappa shape index (κ2) is 5.96. The molecular weight excluding hydrogens is 252 g/mol. The predicted molar refractivity (Wildman–Crippen MR) is 68.5 cm³/mol. The van der Waals surface area contributed by atoms with Crippen LogP contribution in [0.1, 0.15) is 24.0 Å². The zero-order valence-electron chi connectivity index (χ0n) is 9.35. The summed E-state index contributed by atoms with van der Waals surface area (Å²) in [7, 11) is 0.